The summed E-state index contributed by atoms with van der Waals surface area (Å²) < 4.78 is 5.25. The number of ether oxygens (including phenoxy) is 1. The van der Waals surface area contributed by atoms with Crippen molar-refractivity contribution in [2.75, 3.05) is 38.0 Å². The highest BCUT2D eigenvalue weighted by molar-refractivity contribution is 5.99. The Morgan fingerprint density at radius 3 is 2.27 bits per heavy atom. The fraction of sp³-hybridized carbons (Fsp3) is 0.560. The summed E-state index contributed by atoms with van der Waals surface area (Å²) in [5, 5.41) is 13.4. The van der Waals surface area contributed by atoms with Crippen molar-refractivity contribution in [2.24, 2.45) is 17.6 Å². The maximum absolute atomic E-state index is 12.6. The zero-order valence-electron chi connectivity index (χ0n) is 22.2. The van der Waals surface area contributed by atoms with Gasteiger partial charge in [0.1, 0.15) is 12.6 Å². The lowest BCUT2D eigenvalue weighted by Crippen LogP contribution is -2.52. The number of likely N-dealkylation sites (N-methyl/N-ethyl adjacent to an activating group) is 1. The number of hydrogen-bond acceptors (Lipinski definition) is 8. The maximum Gasteiger partial charge on any atom is 0.308 e. The number of nitrogens with one attached hydrogen (secondary N) is 5. The first kappa shape index (κ1) is 31.5. The van der Waals surface area contributed by atoms with Gasteiger partial charge in [-0.05, 0) is 24.6 Å². The van der Waals surface area contributed by atoms with E-state index in [9.17, 15) is 24.0 Å². The average molecular weight is 521 g/mol. The molecule has 0 saturated heterocycles. The zero-order valence-corrected chi connectivity index (χ0v) is 22.2. The second-order valence-corrected chi connectivity index (χ2v) is 9.01. The Labute approximate surface area is 217 Å². The van der Waals surface area contributed by atoms with Crippen LogP contribution in [0.15, 0.2) is 18.2 Å². The van der Waals surface area contributed by atoms with Crippen molar-refractivity contribution >= 4 is 35.3 Å². The highest BCUT2D eigenvalue weighted by Crippen LogP contribution is 2.18. The molecule has 0 aromatic heterocycles. The van der Waals surface area contributed by atoms with Gasteiger partial charge in [-0.25, -0.2) is 0 Å². The van der Waals surface area contributed by atoms with Crippen molar-refractivity contribution in [3.05, 3.63) is 29.3 Å². The van der Waals surface area contributed by atoms with Crippen LogP contribution in [0.3, 0.4) is 0 Å². The van der Waals surface area contributed by atoms with Crippen LogP contribution in [0.5, 0.6) is 0 Å². The monoisotopic (exact) mass is 520 g/mol. The number of anilines is 1. The van der Waals surface area contributed by atoms with Crippen molar-refractivity contribution in [3.8, 4) is 0 Å². The number of amides is 4. The van der Waals surface area contributed by atoms with E-state index in [4.69, 9.17) is 10.5 Å². The van der Waals surface area contributed by atoms with Crippen LogP contribution in [0.2, 0.25) is 0 Å². The van der Waals surface area contributed by atoms with Crippen LogP contribution in [0.1, 0.15) is 50.5 Å². The van der Waals surface area contributed by atoms with E-state index in [0.717, 1.165) is 0 Å². The molecule has 1 unspecified atom stereocenters. The number of esters is 1. The van der Waals surface area contributed by atoms with Gasteiger partial charge in [0, 0.05) is 29.9 Å². The molecular weight excluding hydrogens is 480 g/mol. The molecule has 0 saturated carbocycles. The van der Waals surface area contributed by atoms with Crippen molar-refractivity contribution < 1.29 is 28.7 Å². The van der Waals surface area contributed by atoms with Gasteiger partial charge in [-0.1, -0.05) is 40.7 Å². The molecule has 1 atom stereocenters. The normalized spacial score (nSPS) is 11.6. The number of rotatable bonds is 15. The van der Waals surface area contributed by atoms with Crippen molar-refractivity contribution in [3.63, 3.8) is 0 Å². The van der Waals surface area contributed by atoms with Crippen LogP contribution in [0.25, 0.3) is 0 Å². The second-order valence-electron chi connectivity index (χ2n) is 9.01. The van der Waals surface area contributed by atoms with E-state index in [1.165, 1.54) is 6.07 Å². The average Bonchev–Trinajstić information content (AvgIpc) is 2.86. The van der Waals surface area contributed by atoms with Crippen LogP contribution >= 0.6 is 0 Å². The molecule has 7 N–H and O–H groups in total. The fourth-order valence-electron chi connectivity index (χ4n) is 3.07. The van der Waals surface area contributed by atoms with E-state index in [0.29, 0.717) is 17.8 Å². The molecule has 206 valence electrons. The number of carbonyl (C=O) groups excluding carboxylic acids is 5. The molecule has 0 aliphatic rings. The van der Waals surface area contributed by atoms with E-state index in [-0.39, 0.29) is 56.1 Å². The van der Waals surface area contributed by atoms with Crippen molar-refractivity contribution in [1.82, 2.24) is 21.3 Å². The molecule has 0 bridgehead atoms. The Kier molecular flexibility index (Phi) is 13.9. The third kappa shape index (κ3) is 11.4. The number of nitrogens with two attached hydrogens (primary N) is 1. The number of carbonyl (C=O) groups is 5. The summed E-state index contributed by atoms with van der Waals surface area (Å²) in [6.07, 6.45) is 0. The standard InChI is InChI=1S/C25H40N6O6/c1-6-27-12-20(32)31-22(15(2)3)24(35)29-13-21(33)30-18-8-7-17(14-37-25(36)16(4)5)19(11-18)23(34)28-10-9-26/h7-8,11,15-16,22,27H,6,9-10,12-14,26H2,1-5H3,(H,28,34)(H,29,35)(H,30,33)(H,31,32). The van der Waals surface area contributed by atoms with Crippen LogP contribution in [-0.2, 0) is 30.5 Å². The second kappa shape index (κ2) is 16.3. The van der Waals surface area contributed by atoms with Gasteiger partial charge < -0.3 is 37.1 Å². The summed E-state index contributed by atoms with van der Waals surface area (Å²) in [7, 11) is 0. The first-order valence-corrected chi connectivity index (χ1v) is 12.4. The van der Waals surface area contributed by atoms with Crippen molar-refractivity contribution in [2.45, 2.75) is 47.3 Å². The molecule has 0 radical (unpaired) electrons. The summed E-state index contributed by atoms with van der Waals surface area (Å²) in [5.41, 5.74) is 6.46. The topological polar surface area (TPSA) is 181 Å². The molecule has 1 aromatic carbocycles. The van der Waals surface area contributed by atoms with Gasteiger partial charge in [-0.2, -0.15) is 0 Å². The minimum atomic E-state index is -0.801. The molecule has 12 nitrogen and oxygen atoms in total. The minimum Gasteiger partial charge on any atom is -0.461 e. The molecule has 37 heavy (non-hydrogen) atoms. The molecule has 1 aromatic rings. The molecule has 4 amide bonds. The van der Waals surface area contributed by atoms with Crippen LogP contribution in [-0.4, -0.2) is 68.4 Å². The Morgan fingerprint density at radius 1 is 0.973 bits per heavy atom. The predicted octanol–water partition coefficient (Wildman–Crippen LogP) is -0.121. The van der Waals surface area contributed by atoms with Gasteiger partial charge in [0.15, 0.2) is 0 Å². The smallest absolute Gasteiger partial charge is 0.308 e. The van der Waals surface area contributed by atoms with Crippen molar-refractivity contribution in [1.29, 1.82) is 0 Å². The molecule has 0 heterocycles. The Bertz CT molecular complexity index is 950. The third-order valence-corrected chi connectivity index (χ3v) is 5.13. The van der Waals surface area contributed by atoms with Gasteiger partial charge in [0.05, 0.1) is 19.0 Å². The Balaban J connectivity index is 2.86. The summed E-state index contributed by atoms with van der Waals surface area (Å²) in [6, 6.07) is 3.80. The lowest BCUT2D eigenvalue weighted by atomic mass is 10.0. The fourth-order valence-corrected chi connectivity index (χ4v) is 3.07. The van der Waals surface area contributed by atoms with E-state index in [1.54, 1.807) is 39.8 Å². The minimum absolute atomic E-state index is 0.0847. The number of hydrogen-bond donors (Lipinski definition) is 6. The van der Waals surface area contributed by atoms with Gasteiger partial charge >= 0.3 is 5.97 Å². The highest BCUT2D eigenvalue weighted by Gasteiger charge is 2.24. The van der Waals surface area contributed by atoms with E-state index < -0.39 is 29.7 Å². The predicted molar refractivity (Wildman–Crippen MR) is 139 cm³/mol. The summed E-state index contributed by atoms with van der Waals surface area (Å²) in [6.45, 7) is 9.59. The van der Waals surface area contributed by atoms with Gasteiger partial charge in [0.25, 0.3) is 5.91 Å². The SMILES string of the molecule is CCNCC(=O)NC(C(=O)NCC(=O)Nc1ccc(COC(=O)C(C)C)c(C(=O)NCCN)c1)C(C)C. The van der Waals surface area contributed by atoms with E-state index in [2.05, 4.69) is 26.6 Å². The highest BCUT2D eigenvalue weighted by atomic mass is 16.5. The molecule has 0 aliphatic carbocycles. The zero-order chi connectivity index (χ0) is 28.0. The molecule has 12 heteroatoms. The molecule has 0 aliphatic heterocycles. The van der Waals surface area contributed by atoms with Gasteiger partial charge in [0.2, 0.25) is 17.7 Å². The quantitative estimate of drug-likeness (QED) is 0.173. The summed E-state index contributed by atoms with van der Waals surface area (Å²) in [5.74, 6) is -2.68. The van der Waals surface area contributed by atoms with Crippen LogP contribution in [0, 0.1) is 11.8 Å². The first-order chi connectivity index (χ1) is 17.5. The number of benzene rings is 1. The molecule has 0 spiro atoms. The lowest BCUT2D eigenvalue weighted by molar-refractivity contribution is -0.148. The molecular formula is C25H40N6O6. The Hall–Kier alpha value is -3.51. The molecule has 0 fully saturated rings. The van der Waals surface area contributed by atoms with Gasteiger partial charge in [-0.3, -0.25) is 24.0 Å². The third-order valence-electron chi connectivity index (χ3n) is 5.13. The summed E-state index contributed by atoms with van der Waals surface area (Å²) in [4.78, 5) is 61.6. The van der Waals surface area contributed by atoms with E-state index in [1.807, 2.05) is 6.92 Å². The van der Waals surface area contributed by atoms with Crippen LogP contribution in [0.4, 0.5) is 5.69 Å². The maximum atomic E-state index is 12.6. The lowest BCUT2D eigenvalue weighted by Gasteiger charge is -2.21. The first-order valence-electron chi connectivity index (χ1n) is 12.4. The Morgan fingerprint density at radius 2 is 1.68 bits per heavy atom. The van der Waals surface area contributed by atoms with Gasteiger partial charge in [-0.15, -0.1) is 0 Å². The van der Waals surface area contributed by atoms with Crippen LogP contribution < -0.4 is 32.3 Å². The summed E-state index contributed by atoms with van der Waals surface area (Å²) >= 11 is 0. The van der Waals surface area contributed by atoms with E-state index >= 15 is 0 Å². The molecule has 1 rings (SSSR count). The largest absolute Gasteiger partial charge is 0.461 e.